The predicted molar refractivity (Wildman–Crippen MR) is 53.3 cm³/mol. The van der Waals surface area contributed by atoms with Gasteiger partial charge in [0.05, 0.1) is 11.0 Å². The van der Waals surface area contributed by atoms with Gasteiger partial charge in [0, 0.05) is 0 Å². The molecule has 0 amide bonds. The standard InChI is InChI=1S/C10H10N2O3/c13-6-9-11-7-3-1-2-4-8(7)12(9)5-10(14)15/h1-4,13H,5-6H2,(H,14,15). The third kappa shape index (κ3) is 1.69. The largest absolute Gasteiger partial charge is 0.480 e. The molecule has 0 saturated heterocycles. The van der Waals surface area contributed by atoms with Crippen molar-refractivity contribution in [3.63, 3.8) is 0 Å². The average molecular weight is 206 g/mol. The molecule has 15 heavy (non-hydrogen) atoms. The van der Waals surface area contributed by atoms with Gasteiger partial charge in [-0.05, 0) is 12.1 Å². The topological polar surface area (TPSA) is 75.3 Å². The number of benzene rings is 1. The van der Waals surface area contributed by atoms with Crippen LogP contribution in [0.25, 0.3) is 11.0 Å². The molecule has 2 N–H and O–H groups in total. The minimum absolute atomic E-state index is 0.184. The van der Waals surface area contributed by atoms with Crippen LogP contribution in [-0.2, 0) is 17.9 Å². The van der Waals surface area contributed by atoms with Crippen molar-refractivity contribution in [2.75, 3.05) is 0 Å². The molecule has 0 atom stereocenters. The Balaban J connectivity index is 2.61. The van der Waals surface area contributed by atoms with E-state index in [1.54, 1.807) is 12.1 Å². The first-order chi connectivity index (χ1) is 7.22. The van der Waals surface area contributed by atoms with Gasteiger partial charge in [0.2, 0.25) is 0 Å². The summed E-state index contributed by atoms with van der Waals surface area (Å²) in [5.41, 5.74) is 1.42. The number of aliphatic carboxylic acids is 1. The van der Waals surface area contributed by atoms with Crippen molar-refractivity contribution in [2.45, 2.75) is 13.2 Å². The predicted octanol–water partition coefficient (Wildman–Crippen LogP) is 0.613. The number of nitrogens with zero attached hydrogens (tertiary/aromatic N) is 2. The van der Waals surface area contributed by atoms with E-state index in [2.05, 4.69) is 4.98 Å². The van der Waals surface area contributed by atoms with Gasteiger partial charge < -0.3 is 14.8 Å². The summed E-state index contributed by atoms with van der Waals surface area (Å²) in [6.45, 7) is -0.446. The molecule has 5 nitrogen and oxygen atoms in total. The maximum atomic E-state index is 10.6. The number of carboxylic acids is 1. The van der Waals surface area contributed by atoms with Gasteiger partial charge in [-0.3, -0.25) is 4.79 Å². The number of fused-ring (bicyclic) bond motifs is 1. The molecule has 0 aliphatic rings. The van der Waals surface area contributed by atoms with Crippen LogP contribution in [0.15, 0.2) is 24.3 Å². The first kappa shape index (κ1) is 9.67. The molecule has 2 aromatic rings. The SMILES string of the molecule is O=C(O)Cn1c(CO)nc2ccccc21. The van der Waals surface area contributed by atoms with Crippen LogP contribution in [0.5, 0.6) is 0 Å². The highest BCUT2D eigenvalue weighted by Gasteiger charge is 2.11. The highest BCUT2D eigenvalue weighted by atomic mass is 16.4. The summed E-state index contributed by atoms with van der Waals surface area (Å²) in [4.78, 5) is 14.8. The molecule has 0 aliphatic heterocycles. The number of rotatable bonds is 3. The van der Waals surface area contributed by atoms with Gasteiger partial charge in [-0.2, -0.15) is 0 Å². The van der Waals surface area contributed by atoms with E-state index in [1.807, 2.05) is 12.1 Å². The van der Waals surface area contributed by atoms with Crippen LogP contribution in [0.2, 0.25) is 0 Å². The zero-order valence-corrected chi connectivity index (χ0v) is 7.92. The van der Waals surface area contributed by atoms with Crippen LogP contribution in [0.3, 0.4) is 0 Å². The summed E-state index contributed by atoms with van der Waals surface area (Å²) >= 11 is 0. The molecule has 1 aromatic heterocycles. The molecule has 2 rings (SSSR count). The molecular formula is C10H10N2O3. The van der Waals surface area contributed by atoms with Crippen molar-refractivity contribution >= 4 is 17.0 Å². The zero-order valence-electron chi connectivity index (χ0n) is 7.92. The van der Waals surface area contributed by atoms with E-state index in [0.717, 1.165) is 5.52 Å². The molecule has 1 aromatic carbocycles. The first-order valence-electron chi connectivity index (χ1n) is 4.49. The summed E-state index contributed by atoms with van der Waals surface area (Å²) in [6, 6.07) is 7.20. The molecular weight excluding hydrogens is 196 g/mol. The molecule has 0 unspecified atom stereocenters. The van der Waals surface area contributed by atoms with E-state index in [9.17, 15) is 4.79 Å². The fraction of sp³-hybridized carbons (Fsp3) is 0.200. The molecule has 0 aliphatic carbocycles. The lowest BCUT2D eigenvalue weighted by Gasteiger charge is -2.03. The number of hydrogen-bond donors (Lipinski definition) is 2. The van der Waals surface area contributed by atoms with Crippen LogP contribution >= 0.6 is 0 Å². The van der Waals surface area contributed by atoms with E-state index in [1.165, 1.54) is 4.57 Å². The summed E-state index contributed by atoms with van der Waals surface area (Å²) in [7, 11) is 0. The lowest BCUT2D eigenvalue weighted by molar-refractivity contribution is -0.137. The molecule has 78 valence electrons. The second-order valence-corrected chi connectivity index (χ2v) is 3.15. The molecule has 0 radical (unpaired) electrons. The van der Waals surface area contributed by atoms with Gasteiger partial charge in [-0.25, -0.2) is 4.98 Å². The third-order valence-corrected chi connectivity index (χ3v) is 2.17. The van der Waals surface area contributed by atoms with E-state index < -0.39 is 5.97 Å². The highest BCUT2D eigenvalue weighted by molar-refractivity contribution is 5.78. The molecule has 0 bridgehead atoms. The minimum atomic E-state index is -0.951. The van der Waals surface area contributed by atoms with Crippen LogP contribution in [0, 0.1) is 0 Å². The second-order valence-electron chi connectivity index (χ2n) is 3.15. The van der Waals surface area contributed by atoms with E-state index in [-0.39, 0.29) is 13.2 Å². The van der Waals surface area contributed by atoms with Crippen molar-refractivity contribution in [2.24, 2.45) is 0 Å². The molecule has 5 heteroatoms. The number of imidazole rings is 1. The number of para-hydroxylation sites is 2. The van der Waals surface area contributed by atoms with Crippen LogP contribution in [0.4, 0.5) is 0 Å². The summed E-state index contributed by atoms with van der Waals surface area (Å²) < 4.78 is 1.50. The van der Waals surface area contributed by atoms with Gasteiger partial charge >= 0.3 is 5.97 Å². The lowest BCUT2D eigenvalue weighted by Crippen LogP contribution is -2.11. The van der Waals surface area contributed by atoms with Gasteiger partial charge in [0.15, 0.2) is 0 Å². The molecule has 0 saturated carbocycles. The quantitative estimate of drug-likeness (QED) is 0.771. The van der Waals surface area contributed by atoms with Gasteiger partial charge in [0.25, 0.3) is 0 Å². The maximum Gasteiger partial charge on any atom is 0.323 e. The number of aliphatic hydroxyl groups is 1. The summed E-state index contributed by atoms with van der Waals surface area (Å²) in [6.07, 6.45) is 0. The third-order valence-electron chi connectivity index (χ3n) is 2.17. The molecule has 0 spiro atoms. The number of carboxylic acid groups (broad SMARTS) is 1. The number of hydrogen-bond acceptors (Lipinski definition) is 3. The number of aromatic nitrogens is 2. The Hall–Kier alpha value is -1.88. The van der Waals surface area contributed by atoms with Gasteiger partial charge in [0.1, 0.15) is 19.0 Å². The Bertz CT molecular complexity index is 504. The normalized spacial score (nSPS) is 10.7. The number of aliphatic hydroxyl groups excluding tert-OH is 1. The monoisotopic (exact) mass is 206 g/mol. The Kier molecular flexibility index (Phi) is 2.39. The van der Waals surface area contributed by atoms with E-state index in [4.69, 9.17) is 10.2 Å². The summed E-state index contributed by atoms with van der Waals surface area (Å²) in [5.74, 6) is -0.577. The number of carbonyl (C=O) groups is 1. The average Bonchev–Trinajstić information content (AvgIpc) is 2.56. The first-order valence-corrected chi connectivity index (χ1v) is 4.49. The Labute approximate surface area is 85.6 Å². The van der Waals surface area contributed by atoms with E-state index >= 15 is 0 Å². The van der Waals surface area contributed by atoms with Crippen molar-refractivity contribution < 1.29 is 15.0 Å². The van der Waals surface area contributed by atoms with Crippen LogP contribution in [-0.4, -0.2) is 25.7 Å². The van der Waals surface area contributed by atoms with Crippen molar-refractivity contribution in [3.8, 4) is 0 Å². The zero-order chi connectivity index (χ0) is 10.8. The van der Waals surface area contributed by atoms with Crippen LogP contribution < -0.4 is 0 Å². The van der Waals surface area contributed by atoms with Crippen molar-refractivity contribution in [1.29, 1.82) is 0 Å². The van der Waals surface area contributed by atoms with Crippen molar-refractivity contribution in [3.05, 3.63) is 30.1 Å². The van der Waals surface area contributed by atoms with E-state index in [0.29, 0.717) is 11.3 Å². The Morgan fingerprint density at radius 3 is 2.80 bits per heavy atom. The minimum Gasteiger partial charge on any atom is -0.480 e. The lowest BCUT2D eigenvalue weighted by atomic mass is 10.3. The summed E-state index contributed by atoms with van der Waals surface area (Å²) in [5, 5.41) is 17.8. The van der Waals surface area contributed by atoms with Gasteiger partial charge in [-0.1, -0.05) is 12.1 Å². The highest BCUT2D eigenvalue weighted by Crippen LogP contribution is 2.15. The second kappa shape index (κ2) is 3.70. The molecule has 0 fully saturated rings. The van der Waals surface area contributed by atoms with Crippen LogP contribution in [0.1, 0.15) is 5.82 Å². The fourth-order valence-corrected chi connectivity index (χ4v) is 1.56. The molecule has 1 heterocycles. The fourth-order valence-electron chi connectivity index (χ4n) is 1.56. The van der Waals surface area contributed by atoms with Gasteiger partial charge in [-0.15, -0.1) is 0 Å². The van der Waals surface area contributed by atoms with Crippen molar-refractivity contribution in [1.82, 2.24) is 9.55 Å². The Morgan fingerprint density at radius 1 is 1.40 bits per heavy atom. The maximum absolute atomic E-state index is 10.6. The smallest absolute Gasteiger partial charge is 0.323 e. The Morgan fingerprint density at radius 2 is 2.13 bits per heavy atom.